The second-order valence-electron chi connectivity index (χ2n) is 5.17. The maximum absolute atomic E-state index is 12.1. The number of aliphatic hydroxyl groups is 1. The highest BCUT2D eigenvalue weighted by atomic mass is 19.4. The molecule has 1 aromatic rings. The van der Waals surface area contributed by atoms with Crippen molar-refractivity contribution in [1.29, 1.82) is 0 Å². The van der Waals surface area contributed by atoms with Crippen LogP contribution in [0.25, 0.3) is 0 Å². The minimum absolute atomic E-state index is 0.0230. The number of rotatable bonds is 4. The number of halogens is 3. The second-order valence-corrected chi connectivity index (χ2v) is 5.17. The zero-order valence-corrected chi connectivity index (χ0v) is 11.6. The highest BCUT2D eigenvalue weighted by Gasteiger charge is 2.31. The summed E-state index contributed by atoms with van der Waals surface area (Å²) in [5.41, 5.74) is 0.546. The first-order valence-electron chi connectivity index (χ1n) is 6.71. The summed E-state index contributed by atoms with van der Waals surface area (Å²) in [5.74, 6) is -0.300. The summed E-state index contributed by atoms with van der Waals surface area (Å²) >= 11 is 0. The van der Waals surface area contributed by atoms with E-state index < -0.39 is 12.5 Å². The predicted molar refractivity (Wildman–Crippen MR) is 69.9 cm³/mol. The van der Waals surface area contributed by atoms with Crippen molar-refractivity contribution in [2.24, 2.45) is 0 Å². The van der Waals surface area contributed by atoms with E-state index >= 15 is 0 Å². The molecule has 1 aliphatic heterocycles. The van der Waals surface area contributed by atoms with Crippen molar-refractivity contribution in [2.45, 2.75) is 37.9 Å². The molecule has 0 bridgehead atoms. The first kappa shape index (κ1) is 16.1. The number of benzene rings is 1. The van der Waals surface area contributed by atoms with Gasteiger partial charge in [0, 0.05) is 12.1 Å². The van der Waals surface area contributed by atoms with Crippen LogP contribution < -0.4 is 10.1 Å². The normalized spacial score (nSPS) is 24.6. The maximum atomic E-state index is 12.1. The van der Waals surface area contributed by atoms with Crippen LogP contribution in [0.3, 0.4) is 0 Å². The number of aliphatic hydroxyl groups excluding tert-OH is 1. The molecule has 1 aliphatic rings. The van der Waals surface area contributed by atoms with Gasteiger partial charge in [-0.05, 0) is 31.0 Å². The zero-order valence-electron chi connectivity index (χ0n) is 11.6. The van der Waals surface area contributed by atoms with Gasteiger partial charge in [0.25, 0.3) is 0 Å². The van der Waals surface area contributed by atoms with Gasteiger partial charge < -0.3 is 19.9 Å². The molecular weight excluding hydrogens is 287 g/mol. The Hall–Kier alpha value is -1.31. The monoisotopic (exact) mass is 305 g/mol. The van der Waals surface area contributed by atoms with Crippen LogP contribution in [0.4, 0.5) is 13.2 Å². The molecule has 1 aromatic carbocycles. The lowest BCUT2D eigenvalue weighted by molar-refractivity contribution is -0.274. The summed E-state index contributed by atoms with van der Waals surface area (Å²) in [6.07, 6.45) is -5.04. The molecule has 21 heavy (non-hydrogen) atoms. The molecule has 0 aromatic heterocycles. The summed E-state index contributed by atoms with van der Waals surface area (Å²) in [4.78, 5) is 0. The standard InChI is InChI=1S/C14H18F3NO3/c1-9-7-20-8-11(18-9)6-13(19)10-2-4-12(5-3-10)21-14(15,16)17/h2-5,9,11,13,18-19H,6-8H2,1H3. The Labute approximate surface area is 120 Å². The highest BCUT2D eigenvalue weighted by Crippen LogP contribution is 2.26. The molecule has 2 rings (SSSR count). The molecule has 118 valence electrons. The third-order valence-electron chi connectivity index (χ3n) is 3.21. The fourth-order valence-electron chi connectivity index (χ4n) is 2.32. The number of hydrogen-bond donors (Lipinski definition) is 2. The lowest BCUT2D eigenvalue weighted by Gasteiger charge is -2.30. The lowest BCUT2D eigenvalue weighted by atomic mass is 10.0. The molecule has 0 aliphatic carbocycles. The van der Waals surface area contributed by atoms with Crippen molar-refractivity contribution >= 4 is 0 Å². The van der Waals surface area contributed by atoms with E-state index in [-0.39, 0.29) is 17.8 Å². The topological polar surface area (TPSA) is 50.7 Å². The van der Waals surface area contributed by atoms with Crippen LogP contribution in [0.5, 0.6) is 5.75 Å². The third-order valence-corrected chi connectivity index (χ3v) is 3.21. The van der Waals surface area contributed by atoms with Crippen molar-refractivity contribution in [2.75, 3.05) is 13.2 Å². The van der Waals surface area contributed by atoms with Crippen LogP contribution in [0.1, 0.15) is 25.0 Å². The van der Waals surface area contributed by atoms with Gasteiger partial charge in [0.05, 0.1) is 19.3 Å². The molecule has 2 N–H and O–H groups in total. The molecule has 0 radical (unpaired) electrons. The van der Waals surface area contributed by atoms with Crippen molar-refractivity contribution in [1.82, 2.24) is 5.32 Å². The zero-order chi connectivity index (χ0) is 15.5. The van der Waals surface area contributed by atoms with E-state index in [1.807, 2.05) is 6.92 Å². The molecule has 0 saturated carbocycles. The average molecular weight is 305 g/mol. The summed E-state index contributed by atoms with van der Waals surface area (Å²) in [7, 11) is 0. The number of hydrogen-bond acceptors (Lipinski definition) is 4. The highest BCUT2D eigenvalue weighted by molar-refractivity contribution is 5.28. The Bertz CT molecular complexity index is 450. The summed E-state index contributed by atoms with van der Waals surface area (Å²) in [5, 5.41) is 13.4. The molecule has 1 fully saturated rings. The molecule has 0 amide bonds. The van der Waals surface area contributed by atoms with Crippen molar-refractivity contribution in [3.63, 3.8) is 0 Å². The van der Waals surface area contributed by atoms with Crippen LogP contribution in [0.15, 0.2) is 24.3 Å². The van der Waals surface area contributed by atoms with E-state index in [4.69, 9.17) is 4.74 Å². The minimum Gasteiger partial charge on any atom is -0.406 e. The first-order chi connectivity index (χ1) is 9.83. The van der Waals surface area contributed by atoms with Crippen LogP contribution in [0.2, 0.25) is 0 Å². The quantitative estimate of drug-likeness (QED) is 0.897. The van der Waals surface area contributed by atoms with Crippen molar-refractivity contribution in [3.05, 3.63) is 29.8 Å². The van der Waals surface area contributed by atoms with Crippen LogP contribution in [-0.2, 0) is 4.74 Å². The maximum Gasteiger partial charge on any atom is 0.573 e. The fraction of sp³-hybridized carbons (Fsp3) is 0.571. The molecular formula is C14H18F3NO3. The predicted octanol–water partition coefficient (Wildman–Crippen LogP) is 2.39. The summed E-state index contributed by atoms with van der Waals surface area (Å²) < 4.78 is 45.3. The molecule has 3 unspecified atom stereocenters. The van der Waals surface area contributed by atoms with Gasteiger partial charge in [-0.3, -0.25) is 0 Å². The van der Waals surface area contributed by atoms with E-state index in [0.29, 0.717) is 25.2 Å². The second kappa shape index (κ2) is 6.64. The Balaban J connectivity index is 1.91. The Kier molecular flexibility index (Phi) is 5.08. The number of nitrogens with one attached hydrogen (secondary N) is 1. The van der Waals surface area contributed by atoms with Gasteiger partial charge in [-0.15, -0.1) is 13.2 Å². The van der Waals surface area contributed by atoms with E-state index in [1.165, 1.54) is 24.3 Å². The largest absolute Gasteiger partial charge is 0.573 e. The number of alkyl halides is 3. The Morgan fingerprint density at radius 3 is 2.57 bits per heavy atom. The van der Waals surface area contributed by atoms with Crippen LogP contribution in [-0.4, -0.2) is 36.8 Å². The van der Waals surface area contributed by atoms with E-state index in [9.17, 15) is 18.3 Å². The van der Waals surface area contributed by atoms with E-state index in [2.05, 4.69) is 10.1 Å². The lowest BCUT2D eigenvalue weighted by Crippen LogP contribution is -2.47. The summed E-state index contributed by atoms with van der Waals surface area (Å²) in [6, 6.07) is 5.49. The first-order valence-corrected chi connectivity index (χ1v) is 6.71. The van der Waals surface area contributed by atoms with E-state index in [0.717, 1.165) is 0 Å². The molecule has 7 heteroatoms. The van der Waals surface area contributed by atoms with Gasteiger partial charge in [-0.25, -0.2) is 0 Å². The number of morpholine rings is 1. The van der Waals surface area contributed by atoms with Gasteiger partial charge in [0.2, 0.25) is 0 Å². The third kappa shape index (κ3) is 5.18. The Morgan fingerprint density at radius 1 is 1.33 bits per heavy atom. The van der Waals surface area contributed by atoms with Crippen molar-refractivity contribution < 1.29 is 27.8 Å². The van der Waals surface area contributed by atoms with Crippen LogP contribution in [0, 0.1) is 0 Å². The van der Waals surface area contributed by atoms with Crippen molar-refractivity contribution in [3.8, 4) is 5.75 Å². The van der Waals surface area contributed by atoms with Gasteiger partial charge in [-0.2, -0.15) is 0 Å². The molecule has 1 saturated heterocycles. The Morgan fingerprint density at radius 2 is 2.00 bits per heavy atom. The van der Waals surface area contributed by atoms with E-state index in [1.54, 1.807) is 0 Å². The van der Waals surface area contributed by atoms with Crippen LogP contribution >= 0.6 is 0 Å². The smallest absolute Gasteiger partial charge is 0.406 e. The summed E-state index contributed by atoms with van der Waals surface area (Å²) in [6.45, 7) is 3.13. The minimum atomic E-state index is -4.71. The van der Waals surface area contributed by atoms with Gasteiger partial charge >= 0.3 is 6.36 Å². The SMILES string of the molecule is CC1COCC(CC(O)c2ccc(OC(F)(F)F)cc2)N1. The fourth-order valence-corrected chi connectivity index (χ4v) is 2.32. The molecule has 0 spiro atoms. The number of ether oxygens (including phenoxy) is 2. The van der Waals surface area contributed by atoms with Gasteiger partial charge in [-0.1, -0.05) is 12.1 Å². The van der Waals surface area contributed by atoms with Gasteiger partial charge in [0.15, 0.2) is 0 Å². The molecule has 1 heterocycles. The molecule has 4 nitrogen and oxygen atoms in total. The van der Waals surface area contributed by atoms with Gasteiger partial charge in [0.1, 0.15) is 5.75 Å². The molecule has 3 atom stereocenters. The average Bonchev–Trinajstić information content (AvgIpc) is 2.37.